The molecule has 1 N–H and O–H groups in total. The molecule has 0 saturated heterocycles. The number of rotatable bonds is 3. The van der Waals surface area contributed by atoms with Crippen LogP contribution in [0.1, 0.15) is 45.1 Å². The summed E-state index contributed by atoms with van der Waals surface area (Å²) in [7, 11) is 1.83. The predicted octanol–water partition coefficient (Wildman–Crippen LogP) is 2.73. The largest absolute Gasteiger partial charge is 0.391 e. The van der Waals surface area contributed by atoms with E-state index in [0.29, 0.717) is 0 Å². The van der Waals surface area contributed by atoms with Crippen molar-refractivity contribution in [1.82, 2.24) is 4.90 Å². The smallest absolute Gasteiger partial charge is 0.232 e. The fourth-order valence-corrected chi connectivity index (χ4v) is 3.11. The SMILES string of the molecule is CN(C(=O)C(C)(C)c1ccccc1)C1CCCCC1O. The molecule has 1 aliphatic rings. The van der Waals surface area contributed by atoms with Crippen LogP contribution in [0.15, 0.2) is 30.3 Å². The van der Waals surface area contributed by atoms with E-state index < -0.39 is 5.41 Å². The number of hydrogen-bond donors (Lipinski definition) is 1. The van der Waals surface area contributed by atoms with Crippen LogP contribution < -0.4 is 0 Å². The molecule has 0 radical (unpaired) electrons. The predicted molar refractivity (Wildman–Crippen MR) is 80.5 cm³/mol. The summed E-state index contributed by atoms with van der Waals surface area (Å²) in [5.74, 6) is 0.0784. The quantitative estimate of drug-likeness (QED) is 0.921. The zero-order chi connectivity index (χ0) is 14.8. The summed E-state index contributed by atoms with van der Waals surface area (Å²) < 4.78 is 0. The summed E-state index contributed by atoms with van der Waals surface area (Å²) in [6, 6.07) is 9.81. The van der Waals surface area contributed by atoms with Crippen LogP contribution in [0, 0.1) is 0 Å². The van der Waals surface area contributed by atoms with E-state index in [-0.39, 0.29) is 18.1 Å². The highest BCUT2D eigenvalue weighted by atomic mass is 16.3. The Balaban J connectivity index is 2.17. The third-order valence-electron chi connectivity index (χ3n) is 4.54. The van der Waals surface area contributed by atoms with Gasteiger partial charge in [0.2, 0.25) is 5.91 Å². The zero-order valence-corrected chi connectivity index (χ0v) is 12.7. The lowest BCUT2D eigenvalue weighted by Crippen LogP contribution is -2.51. The normalized spacial score (nSPS) is 23.4. The van der Waals surface area contributed by atoms with E-state index >= 15 is 0 Å². The highest BCUT2D eigenvalue weighted by molar-refractivity contribution is 5.87. The minimum absolute atomic E-state index is 0.0424. The first kappa shape index (κ1) is 15.0. The van der Waals surface area contributed by atoms with Gasteiger partial charge in [0.05, 0.1) is 17.6 Å². The Morgan fingerprint density at radius 2 is 1.80 bits per heavy atom. The molecule has 0 spiro atoms. The average Bonchev–Trinajstić information content (AvgIpc) is 2.47. The van der Waals surface area contributed by atoms with Gasteiger partial charge in [0.1, 0.15) is 0 Å². The number of amides is 1. The van der Waals surface area contributed by atoms with E-state index in [1.807, 2.05) is 51.2 Å². The maximum Gasteiger partial charge on any atom is 0.232 e. The van der Waals surface area contributed by atoms with Crippen molar-refractivity contribution < 1.29 is 9.90 Å². The first-order valence-corrected chi connectivity index (χ1v) is 7.45. The fraction of sp³-hybridized carbons (Fsp3) is 0.588. The van der Waals surface area contributed by atoms with Crippen LogP contribution >= 0.6 is 0 Å². The van der Waals surface area contributed by atoms with E-state index in [9.17, 15) is 9.90 Å². The molecule has 0 aromatic heterocycles. The second-order valence-corrected chi connectivity index (χ2v) is 6.33. The van der Waals surface area contributed by atoms with Gasteiger partial charge in [-0.15, -0.1) is 0 Å². The second kappa shape index (κ2) is 5.96. The maximum atomic E-state index is 12.8. The van der Waals surface area contributed by atoms with Crippen molar-refractivity contribution in [3.8, 4) is 0 Å². The van der Waals surface area contributed by atoms with Crippen LogP contribution in [0.3, 0.4) is 0 Å². The van der Waals surface area contributed by atoms with Crippen molar-refractivity contribution >= 4 is 5.91 Å². The van der Waals surface area contributed by atoms with Gasteiger partial charge in [0, 0.05) is 7.05 Å². The highest BCUT2D eigenvalue weighted by Gasteiger charge is 2.37. The molecule has 3 nitrogen and oxygen atoms in total. The van der Waals surface area contributed by atoms with Gasteiger partial charge < -0.3 is 10.0 Å². The Bertz CT molecular complexity index is 455. The molecule has 1 fully saturated rings. The Labute approximate surface area is 121 Å². The summed E-state index contributed by atoms with van der Waals surface area (Å²) in [5.41, 5.74) is 0.454. The molecule has 1 aromatic rings. The summed E-state index contributed by atoms with van der Waals surface area (Å²) in [5, 5.41) is 10.1. The molecule has 0 bridgehead atoms. The van der Waals surface area contributed by atoms with Crippen molar-refractivity contribution in [2.45, 2.75) is 57.1 Å². The molecular weight excluding hydrogens is 250 g/mol. The van der Waals surface area contributed by atoms with E-state index in [2.05, 4.69) is 0 Å². The van der Waals surface area contributed by atoms with Crippen molar-refractivity contribution in [3.05, 3.63) is 35.9 Å². The van der Waals surface area contributed by atoms with Gasteiger partial charge in [-0.2, -0.15) is 0 Å². The number of nitrogens with zero attached hydrogens (tertiary/aromatic N) is 1. The van der Waals surface area contributed by atoms with Gasteiger partial charge in [-0.05, 0) is 32.3 Å². The lowest BCUT2D eigenvalue weighted by atomic mass is 9.82. The molecule has 0 aliphatic heterocycles. The number of carbonyl (C=O) groups excluding carboxylic acids is 1. The molecule has 2 rings (SSSR count). The first-order chi connectivity index (χ1) is 9.44. The molecule has 1 aromatic carbocycles. The lowest BCUT2D eigenvalue weighted by molar-refractivity contribution is -0.140. The Morgan fingerprint density at radius 3 is 2.40 bits per heavy atom. The molecule has 3 heteroatoms. The van der Waals surface area contributed by atoms with Gasteiger partial charge in [-0.25, -0.2) is 0 Å². The summed E-state index contributed by atoms with van der Waals surface area (Å²) in [6.45, 7) is 3.91. The third kappa shape index (κ3) is 2.88. The average molecular weight is 275 g/mol. The first-order valence-electron chi connectivity index (χ1n) is 7.45. The lowest BCUT2D eigenvalue weighted by Gasteiger charge is -2.39. The number of likely N-dealkylation sites (N-methyl/N-ethyl adjacent to an activating group) is 1. The molecule has 1 saturated carbocycles. The Morgan fingerprint density at radius 1 is 1.20 bits per heavy atom. The molecule has 2 unspecified atom stereocenters. The van der Waals surface area contributed by atoms with E-state index in [1.165, 1.54) is 0 Å². The van der Waals surface area contributed by atoms with Crippen molar-refractivity contribution in [1.29, 1.82) is 0 Å². The third-order valence-corrected chi connectivity index (χ3v) is 4.54. The van der Waals surface area contributed by atoms with E-state index in [1.54, 1.807) is 4.90 Å². The van der Waals surface area contributed by atoms with Gasteiger partial charge in [-0.1, -0.05) is 43.2 Å². The van der Waals surface area contributed by atoms with E-state index in [4.69, 9.17) is 0 Å². The topological polar surface area (TPSA) is 40.5 Å². The van der Waals surface area contributed by atoms with Crippen LogP contribution in [0.4, 0.5) is 0 Å². The molecule has 20 heavy (non-hydrogen) atoms. The standard InChI is InChI=1S/C17H25NO2/c1-17(2,13-9-5-4-6-10-13)16(20)18(3)14-11-7-8-12-15(14)19/h4-6,9-10,14-15,19H,7-8,11-12H2,1-3H3. The van der Waals surface area contributed by atoms with Crippen molar-refractivity contribution in [2.75, 3.05) is 7.05 Å². The number of carbonyl (C=O) groups is 1. The van der Waals surface area contributed by atoms with Crippen LogP contribution in [0.25, 0.3) is 0 Å². The highest BCUT2D eigenvalue weighted by Crippen LogP contribution is 2.29. The Hall–Kier alpha value is -1.35. The van der Waals surface area contributed by atoms with Crippen molar-refractivity contribution in [2.24, 2.45) is 0 Å². The molecule has 0 heterocycles. The summed E-state index contributed by atoms with van der Waals surface area (Å²) in [4.78, 5) is 14.6. The number of aliphatic hydroxyl groups excluding tert-OH is 1. The fourth-order valence-electron chi connectivity index (χ4n) is 3.11. The van der Waals surface area contributed by atoms with Crippen LogP contribution in [0.2, 0.25) is 0 Å². The van der Waals surface area contributed by atoms with Crippen LogP contribution in [-0.4, -0.2) is 35.1 Å². The zero-order valence-electron chi connectivity index (χ0n) is 12.7. The van der Waals surface area contributed by atoms with Gasteiger partial charge in [0.25, 0.3) is 0 Å². The minimum Gasteiger partial charge on any atom is -0.391 e. The summed E-state index contributed by atoms with van der Waals surface area (Å²) in [6.07, 6.45) is 3.46. The number of aliphatic hydroxyl groups is 1. The van der Waals surface area contributed by atoms with E-state index in [0.717, 1.165) is 31.2 Å². The van der Waals surface area contributed by atoms with Gasteiger partial charge in [0.15, 0.2) is 0 Å². The molecule has 1 amide bonds. The molecule has 110 valence electrons. The molecule has 1 aliphatic carbocycles. The number of benzene rings is 1. The molecular formula is C17H25NO2. The van der Waals surface area contributed by atoms with Gasteiger partial charge in [-0.3, -0.25) is 4.79 Å². The summed E-state index contributed by atoms with van der Waals surface area (Å²) >= 11 is 0. The van der Waals surface area contributed by atoms with Crippen LogP contribution in [-0.2, 0) is 10.2 Å². The second-order valence-electron chi connectivity index (χ2n) is 6.33. The Kier molecular flexibility index (Phi) is 4.48. The maximum absolute atomic E-state index is 12.8. The minimum atomic E-state index is -0.562. The van der Waals surface area contributed by atoms with Crippen molar-refractivity contribution in [3.63, 3.8) is 0 Å². The van der Waals surface area contributed by atoms with Crippen LogP contribution in [0.5, 0.6) is 0 Å². The number of hydrogen-bond acceptors (Lipinski definition) is 2. The molecule has 2 atom stereocenters. The monoisotopic (exact) mass is 275 g/mol. The van der Waals surface area contributed by atoms with Gasteiger partial charge >= 0.3 is 0 Å².